The van der Waals surface area contributed by atoms with E-state index in [0.29, 0.717) is 5.69 Å². The molecule has 0 bridgehead atoms. The number of hydrogen-bond donors (Lipinski definition) is 2. The normalized spacial score (nSPS) is 10.4. The van der Waals surface area contributed by atoms with Crippen LogP contribution in [0.3, 0.4) is 0 Å². The number of amides is 1. The van der Waals surface area contributed by atoms with E-state index in [-0.39, 0.29) is 12.2 Å². The van der Waals surface area contributed by atoms with Crippen molar-refractivity contribution in [1.29, 1.82) is 0 Å². The smallest absolute Gasteiger partial charge is 0.275 e. The first-order valence-corrected chi connectivity index (χ1v) is 7.62. The van der Waals surface area contributed by atoms with Crippen LogP contribution in [0.5, 0.6) is 5.75 Å². The Bertz CT molecular complexity index is 968. The van der Waals surface area contributed by atoms with Crippen molar-refractivity contribution in [3.63, 3.8) is 0 Å². The summed E-state index contributed by atoms with van der Waals surface area (Å²) in [5.41, 5.74) is 1.53. The molecular formula is C18H16N4O3. The van der Waals surface area contributed by atoms with E-state index in [0.717, 1.165) is 21.9 Å². The highest BCUT2D eigenvalue weighted by molar-refractivity contribution is 5.94. The Kier molecular flexibility index (Phi) is 4.56. The Morgan fingerprint density at radius 2 is 2.08 bits per heavy atom. The lowest BCUT2D eigenvalue weighted by atomic mass is 10.2. The molecule has 0 fully saturated rings. The van der Waals surface area contributed by atoms with E-state index >= 15 is 0 Å². The number of nitrogens with zero attached hydrogens (tertiary/aromatic N) is 3. The first-order valence-electron chi connectivity index (χ1n) is 7.62. The molecular weight excluding hydrogens is 320 g/mol. The molecule has 126 valence electrons. The number of pyridine rings is 1. The highest BCUT2D eigenvalue weighted by Gasteiger charge is 2.16. The number of aromatic hydroxyl groups is 1. The van der Waals surface area contributed by atoms with Crippen molar-refractivity contribution >= 4 is 5.91 Å². The molecule has 0 aliphatic rings. The Morgan fingerprint density at radius 1 is 1.24 bits per heavy atom. The average molecular weight is 336 g/mol. The van der Waals surface area contributed by atoms with E-state index in [4.69, 9.17) is 0 Å². The zero-order valence-corrected chi connectivity index (χ0v) is 13.5. The fourth-order valence-electron chi connectivity index (χ4n) is 2.32. The molecule has 0 atom stereocenters. The van der Waals surface area contributed by atoms with Crippen LogP contribution in [0.25, 0.3) is 5.69 Å². The van der Waals surface area contributed by atoms with Gasteiger partial charge in [0.2, 0.25) is 0 Å². The topological polar surface area (TPSA) is 97.1 Å². The van der Waals surface area contributed by atoms with Crippen LogP contribution >= 0.6 is 0 Å². The fraction of sp³-hybridized carbons (Fsp3) is 0.111. The number of hydrogen-bond acceptors (Lipinski definition) is 5. The number of aryl methyl sites for hydroxylation is 1. The molecule has 3 aromatic rings. The van der Waals surface area contributed by atoms with E-state index in [1.165, 1.54) is 0 Å². The quantitative estimate of drug-likeness (QED) is 0.754. The van der Waals surface area contributed by atoms with Crippen molar-refractivity contribution in [1.82, 2.24) is 20.1 Å². The summed E-state index contributed by atoms with van der Waals surface area (Å²) in [5, 5.41) is 16.6. The van der Waals surface area contributed by atoms with Gasteiger partial charge in [-0.2, -0.15) is 9.78 Å². The predicted molar refractivity (Wildman–Crippen MR) is 91.6 cm³/mol. The van der Waals surface area contributed by atoms with E-state index in [2.05, 4.69) is 15.4 Å². The van der Waals surface area contributed by atoms with Crippen molar-refractivity contribution in [3.8, 4) is 11.4 Å². The summed E-state index contributed by atoms with van der Waals surface area (Å²) in [7, 11) is 0. The Balaban J connectivity index is 1.90. The maximum atomic E-state index is 12.3. The zero-order valence-electron chi connectivity index (χ0n) is 13.5. The minimum Gasteiger partial charge on any atom is -0.505 e. The largest absolute Gasteiger partial charge is 0.505 e. The second kappa shape index (κ2) is 6.96. The van der Waals surface area contributed by atoms with Crippen LogP contribution in [0.1, 0.15) is 21.6 Å². The Hall–Kier alpha value is -3.48. The lowest BCUT2D eigenvalue weighted by Crippen LogP contribution is -2.29. The van der Waals surface area contributed by atoms with Gasteiger partial charge in [-0.05, 0) is 36.2 Å². The predicted octanol–water partition coefficient (Wildman–Crippen LogP) is 1.57. The van der Waals surface area contributed by atoms with Gasteiger partial charge in [0.15, 0.2) is 11.4 Å². The third kappa shape index (κ3) is 3.72. The van der Waals surface area contributed by atoms with Gasteiger partial charge >= 0.3 is 0 Å². The van der Waals surface area contributed by atoms with Crippen LogP contribution in [0, 0.1) is 6.92 Å². The lowest BCUT2D eigenvalue weighted by molar-refractivity contribution is 0.0941. The zero-order chi connectivity index (χ0) is 17.8. The SMILES string of the molecule is Cc1cccc(-n2nc(C(=O)NCc3cccnc3)c(O)cc2=O)c1. The van der Waals surface area contributed by atoms with Crippen LogP contribution in [0.4, 0.5) is 0 Å². The van der Waals surface area contributed by atoms with Gasteiger partial charge in [0.1, 0.15) is 0 Å². The van der Waals surface area contributed by atoms with E-state index in [9.17, 15) is 14.7 Å². The Morgan fingerprint density at radius 3 is 2.80 bits per heavy atom. The van der Waals surface area contributed by atoms with Gasteiger partial charge in [-0.3, -0.25) is 14.6 Å². The first-order chi connectivity index (χ1) is 12.0. The minimum atomic E-state index is -0.581. The van der Waals surface area contributed by atoms with Crippen molar-refractivity contribution in [3.05, 3.63) is 82.0 Å². The maximum absolute atomic E-state index is 12.3. The Labute approximate surface area is 143 Å². The molecule has 0 unspecified atom stereocenters. The van der Waals surface area contributed by atoms with Crippen molar-refractivity contribution in [2.24, 2.45) is 0 Å². The highest BCUT2D eigenvalue weighted by Crippen LogP contribution is 2.13. The van der Waals surface area contributed by atoms with Gasteiger partial charge < -0.3 is 10.4 Å². The molecule has 0 spiro atoms. The second-order valence-electron chi connectivity index (χ2n) is 5.51. The van der Waals surface area contributed by atoms with Gasteiger partial charge in [0, 0.05) is 25.0 Å². The molecule has 2 heterocycles. The van der Waals surface area contributed by atoms with E-state index < -0.39 is 17.2 Å². The third-order valence-electron chi connectivity index (χ3n) is 3.55. The monoisotopic (exact) mass is 336 g/mol. The molecule has 7 heteroatoms. The molecule has 1 amide bonds. The molecule has 3 rings (SSSR count). The maximum Gasteiger partial charge on any atom is 0.275 e. The van der Waals surface area contributed by atoms with Gasteiger partial charge in [-0.15, -0.1) is 0 Å². The van der Waals surface area contributed by atoms with Crippen molar-refractivity contribution in [2.75, 3.05) is 0 Å². The van der Waals surface area contributed by atoms with Gasteiger partial charge in [-0.1, -0.05) is 18.2 Å². The average Bonchev–Trinajstić information content (AvgIpc) is 2.60. The summed E-state index contributed by atoms with van der Waals surface area (Å²) >= 11 is 0. The molecule has 0 saturated carbocycles. The summed E-state index contributed by atoms with van der Waals surface area (Å²) in [5.74, 6) is -1.04. The first kappa shape index (κ1) is 16.4. The molecule has 2 N–H and O–H groups in total. The molecule has 2 aromatic heterocycles. The third-order valence-corrected chi connectivity index (χ3v) is 3.55. The summed E-state index contributed by atoms with van der Waals surface area (Å²) in [4.78, 5) is 28.4. The van der Waals surface area contributed by atoms with Gasteiger partial charge in [0.05, 0.1) is 5.69 Å². The standard InChI is InChI=1S/C18H16N4O3/c1-12-4-2-6-14(8-12)22-16(24)9-15(23)17(21-22)18(25)20-11-13-5-3-7-19-10-13/h2-10,23H,11H2,1H3,(H,20,25). The second-order valence-corrected chi connectivity index (χ2v) is 5.51. The molecule has 0 radical (unpaired) electrons. The minimum absolute atomic E-state index is 0.218. The number of nitrogens with one attached hydrogen (secondary N) is 1. The number of carbonyl (C=O) groups is 1. The number of benzene rings is 1. The summed E-state index contributed by atoms with van der Waals surface area (Å²) in [6.07, 6.45) is 3.26. The molecule has 25 heavy (non-hydrogen) atoms. The van der Waals surface area contributed by atoms with Crippen LogP contribution in [0.15, 0.2) is 59.7 Å². The molecule has 7 nitrogen and oxygen atoms in total. The molecule has 1 aromatic carbocycles. The molecule has 0 saturated heterocycles. The summed E-state index contributed by atoms with van der Waals surface area (Å²) in [6, 6.07) is 11.7. The molecule has 0 aliphatic heterocycles. The number of rotatable bonds is 4. The lowest BCUT2D eigenvalue weighted by Gasteiger charge is -2.10. The summed E-state index contributed by atoms with van der Waals surface area (Å²) < 4.78 is 1.09. The van der Waals surface area contributed by atoms with Crippen LogP contribution in [-0.2, 0) is 6.54 Å². The van der Waals surface area contributed by atoms with Crippen LogP contribution in [-0.4, -0.2) is 25.8 Å². The van der Waals surface area contributed by atoms with Gasteiger partial charge in [0.25, 0.3) is 11.5 Å². The van der Waals surface area contributed by atoms with Crippen LogP contribution < -0.4 is 10.9 Å². The number of aromatic nitrogens is 3. The van der Waals surface area contributed by atoms with Crippen molar-refractivity contribution in [2.45, 2.75) is 13.5 Å². The van der Waals surface area contributed by atoms with Gasteiger partial charge in [-0.25, -0.2) is 0 Å². The highest BCUT2D eigenvalue weighted by atomic mass is 16.3. The number of carbonyl (C=O) groups excluding carboxylic acids is 1. The van der Waals surface area contributed by atoms with E-state index in [1.54, 1.807) is 36.7 Å². The summed E-state index contributed by atoms with van der Waals surface area (Å²) in [6.45, 7) is 2.12. The van der Waals surface area contributed by atoms with E-state index in [1.807, 2.05) is 19.1 Å². The van der Waals surface area contributed by atoms with Crippen LogP contribution in [0.2, 0.25) is 0 Å². The molecule has 0 aliphatic carbocycles. The fourth-order valence-corrected chi connectivity index (χ4v) is 2.32. The van der Waals surface area contributed by atoms with Crippen molar-refractivity contribution < 1.29 is 9.90 Å².